The Morgan fingerprint density at radius 1 is 1.26 bits per heavy atom. The quantitative estimate of drug-likeness (QED) is 0.308. The van der Waals surface area contributed by atoms with E-state index in [2.05, 4.69) is 35.2 Å². The minimum absolute atomic E-state index is 0.131. The van der Waals surface area contributed by atoms with Gasteiger partial charge in [-0.25, -0.2) is 19.3 Å². The average Bonchev–Trinajstić information content (AvgIpc) is 3.30. The lowest BCUT2D eigenvalue weighted by Crippen LogP contribution is -2.36. The number of hydrogen-bond donors (Lipinski definition) is 4. The van der Waals surface area contributed by atoms with Gasteiger partial charge in [-0.05, 0) is 18.2 Å². The van der Waals surface area contributed by atoms with E-state index in [9.17, 15) is 4.79 Å². The molecule has 5 rings (SSSR count). The Morgan fingerprint density at radius 3 is 2.77 bits per heavy atom. The number of aliphatic imine (C=N–C) groups is 1. The van der Waals surface area contributed by atoms with Gasteiger partial charge in [0.25, 0.3) is 5.56 Å². The highest BCUT2D eigenvalue weighted by Crippen LogP contribution is 2.32. The number of nitrogens with two attached hydrogens (primary N) is 1. The van der Waals surface area contributed by atoms with Crippen molar-refractivity contribution in [3.8, 4) is 11.4 Å². The summed E-state index contributed by atoms with van der Waals surface area (Å²) in [5.74, 6) is 0.204. The van der Waals surface area contributed by atoms with Crippen molar-refractivity contribution in [2.45, 2.75) is 6.54 Å². The molecule has 180 valence electrons. The summed E-state index contributed by atoms with van der Waals surface area (Å²) in [4.78, 5) is 37.8. The Balaban J connectivity index is 1.60. The topological polar surface area (TPSA) is 150 Å². The van der Waals surface area contributed by atoms with Crippen LogP contribution in [-0.2, 0) is 11.3 Å². The maximum Gasteiger partial charge on any atom is 0.261 e. The number of halogens is 1. The number of H-pyrrole nitrogens is 2. The summed E-state index contributed by atoms with van der Waals surface area (Å²) in [5, 5.41) is 3.15. The largest absolute Gasteiger partial charge is 0.395 e. The van der Waals surface area contributed by atoms with Gasteiger partial charge in [0, 0.05) is 44.4 Å². The van der Waals surface area contributed by atoms with Crippen LogP contribution >= 0.6 is 0 Å². The molecule has 1 aliphatic rings. The second kappa shape index (κ2) is 9.50. The maximum absolute atomic E-state index is 15.0. The predicted molar refractivity (Wildman–Crippen MR) is 132 cm³/mol. The van der Waals surface area contributed by atoms with Crippen molar-refractivity contribution in [2.75, 3.05) is 49.3 Å². The first-order valence-electron chi connectivity index (χ1n) is 11.0. The predicted octanol–water partition coefficient (Wildman–Crippen LogP) is 1.93. The van der Waals surface area contributed by atoms with E-state index in [-0.39, 0.29) is 29.1 Å². The Morgan fingerprint density at radius 2 is 2.03 bits per heavy atom. The number of fused-ring (bicyclic) bond motifs is 1. The minimum atomic E-state index is -0.488. The number of aromatic amines is 2. The minimum Gasteiger partial charge on any atom is -0.395 e. The monoisotopic (exact) mass is 477 g/mol. The van der Waals surface area contributed by atoms with Crippen LogP contribution in [0.4, 0.5) is 21.5 Å². The van der Waals surface area contributed by atoms with Gasteiger partial charge in [-0.2, -0.15) is 0 Å². The zero-order valence-corrected chi connectivity index (χ0v) is 19.0. The van der Waals surface area contributed by atoms with Gasteiger partial charge in [0.15, 0.2) is 5.82 Å². The molecule has 0 spiro atoms. The zero-order valence-electron chi connectivity index (χ0n) is 19.0. The molecule has 0 aliphatic carbocycles. The van der Waals surface area contributed by atoms with E-state index in [1.54, 1.807) is 25.5 Å². The standard InChI is InChI=1S/C23H24FN9O2/c1-26-11-16-19(25)21(29-12-17-27-3-2-4-28-17)18(23(34)31-16)22-30-15-10-13(9-14(24)20(15)32-22)33-5-7-35-8-6-33/h2-4,9-11H,5-8,12,25H2,1H3,(H,30,32)(H2,29,31,34). The van der Waals surface area contributed by atoms with E-state index >= 15 is 4.39 Å². The third kappa shape index (κ3) is 4.43. The molecule has 1 aliphatic heterocycles. The number of hydrogen-bond acceptors (Lipinski definition) is 9. The van der Waals surface area contributed by atoms with Crippen LogP contribution in [0, 0.1) is 5.82 Å². The summed E-state index contributed by atoms with van der Waals surface area (Å²) in [6, 6.07) is 4.98. The van der Waals surface area contributed by atoms with E-state index in [1.807, 2.05) is 11.0 Å². The first-order valence-corrected chi connectivity index (χ1v) is 11.0. The number of nitrogen functional groups attached to an aromatic ring is 1. The number of rotatable bonds is 6. The lowest BCUT2D eigenvalue weighted by molar-refractivity contribution is 0.122. The van der Waals surface area contributed by atoms with Gasteiger partial charge in [0.1, 0.15) is 22.7 Å². The number of ether oxygens (including phenoxy) is 1. The molecule has 1 saturated heterocycles. The lowest BCUT2D eigenvalue weighted by Gasteiger charge is -2.28. The molecule has 0 atom stereocenters. The van der Waals surface area contributed by atoms with Crippen molar-refractivity contribution >= 4 is 34.3 Å². The smallest absolute Gasteiger partial charge is 0.261 e. The number of nitrogens with zero attached hydrogens (tertiary/aromatic N) is 5. The van der Waals surface area contributed by atoms with Crippen LogP contribution in [0.25, 0.3) is 22.4 Å². The molecule has 12 heteroatoms. The molecule has 3 aromatic heterocycles. The third-order valence-corrected chi connectivity index (χ3v) is 5.72. The van der Waals surface area contributed by atoms with Gasteiger partial charge in [-0.3, -0.25) is 9.79 Å². The molecular weight excluding hydrogens is 453 g/mol. The zero-order chi connectivity index (χ0) is 24.4. The molecule has 0 unspecified atom stereocenters. The van der Waals surface area contributed by atoms with Crippen molar-refractivity contribution < 1.29 is 9.13 Å². The van der Waals surface area contributed by atoms with Gasteiger partial charge in [-0.15, -0.1) is 0 Å². The second-order valence-electron chi connectivity index (χ2n) is 7.95. The highest BCUT2D eigenvalue weighted by Gasteiger charge is 2.22. The van der Waals surface area contributed by atoms with Crippen LogP contribution < -0.4 is 21.5 Å². The van der Waals surface area contributed by atoms with Crippen LogP contribution in [0.15, 0.2) is 40.4 Å². The molecule has 0 radical (unpaired) electrons. The van der Waals surface area contributed by atoms with E-state index in [4.69, 9.17) is 10.5 Å². The summed E-state index contributed by atoms with van der Waals surface area (Å²) >= 11 is 0. The molecule has 11 nitrogen and oxygen atoms in total. The first-order chi connectivity index (χ1) is 17.0. The van der Waals surface area contributed by atoms with Gasteiger partial charge in [0.05, 0.1) is 42.3 Å². The van der Waals surface area contributed by atoms with Crippen molar-refractivity contribution in [3.63, 3.8) is 0 Å². The first kappa shape index (κ1) is 22.5. The van der Waals surface area contributed by atoms with E-state index in [1.165, 1.54) is 12.3 Å². The van der Waals surface area contributed by atoms with E-state index in [0.29, 0.717) is 49.0 Å². The normalized spacial score (nSPS) is 14.2. The van der Waals surface area contributed by atoms with E-state index in [0.717, 1.165) is 5.69 Å². The number of morpholine rings is 1. The maximum atomic E-state index is 15.0. The van der Waals surface area contributed by atoms with Crippen molar-refractivity contribution in [2.24, 2.45) is 4.99 Å². The summed E-state index contributed by atoms with van der Waals surface area (Å²) in [6.07, 6.45) is 4.70. The van der Waals surface area contributed by atoms with Crippen LogP contribution in [0.1, 0.15) is 11.5 Å². The average molecular weight is 478 g/mol. The fraction of sp³-hybridized carbons (Fsp3) is 0.261. The molecule has 1 fully saturated rings. The Hall–Kier alpha value is -4.32. The van der Waals surface area contributed by atoms with Gasteiger partial charge in [-0.1, -0.05) is 0 Å². The molecule has 5 N–H and O–H groups in total. The van der Waals surface area contributed by atoms with Crippen molar-refractivity contribution in [1.29, 1.82) is 0 Å². The number of pyridine rings is 1. The van der Waals surface area contributed by atoms with Crippen LogP contribution in [-0.4, -0.2) is 64.5 Å². The SMILES string of the molecule is CN=Cc1[nH]c(=O)c(-c2nc3c(F)cc(N4CCOCC4)cc3[nH]2)c(NCc2ncccn2)c1N. The van der Waals surface area contributed by atoms with Gasteiger partial charge >= 0.3 is 0 Å². The molecule has 0 saturated carbocycles. The van der Waals surface area contributed by atoms with Crippen molar-refractivity contribution in [3.05, 3.63) is 58.3 Å². The molecule has 35 heavy (non-hydrogen) atoms. The van der Waals surface area contributed by atoms with Crippen LogP contribution in [0.5, 0.6) is 0 Å². The Bertz CT molecular complexity index is 1440. The van der Waals surface area contributed by atoms with Gasteiger partial charge < -0.3 is 30.7 Å². The Labute approximate surface area is 199 Å². The highest BCUT2D eigenvalue weighted by molar-refractivity contribution is 5.95. The van der Waals surface area contributed by atoms with E-state index < -0.39 is 11.4 Å². The van der Waals surface area contributed by atoms with Gasteiger partial charge in [0.2, 0.25) is 0 Å². The number of imidazole rings is 1. The van der Waals surface area contributed by atoms with Crippen LogP contribution in [0.2, 0.25) is 0 Å². The molecule has 0 bridgehead atoms. The number of benzene rings is 1. The molecule has 1 aromatic carbocycles. The highest BCUT2D eigenvalue weighted by atomic mass is 19.1. The summed E-state index contributed by atoms with van der Waals surface area (Å²) in [7, 11) is 1.57. The Kier molecular flexibility index (Phi) is 6.10. The fourth-order valence-electron chi connectivity index (χ4n) is 4.05. The third-order valence-electron chi connectivity index (χ3n) is 5.72. The molecule has 4 heterocycles. The lowest BCUT2D eigenvalue weighted by atomic mass is 10.1. The number of aromatic nitrogens is 5. The summed E-state index contributed by atoms with van der Waals surface area (Å²) in [5.41, 5.74) is 8.32. The molecule has 0 amide bonds. The summed E-state index contributed by atoms with van der Waals surface area (Å²) in [6.45, 7) is 2.70. The molecular formula is C23H24FN9O2. The second-order valence-corrected chi connectivity index (χ2v) is 7.95. The van der Waals surface area contributed by atoms with Crippen molar-refractivity contribution in [1.82, 2.24) is 24.9 Å². The number of nitrogens with one attached hydrogen (secondary N) is 3. The summed E-state index contributed by atoms with van der Waals surface area (Å²) < 4.78 is 20.4. The number of anilines is 3. The fourth-order valence-corrected chi connectivity index (χ4v) is 4.05. The van der Waals surface area contributed by atoms with Crippen LogP contribution in [0.3, 0.4) is 0 Å². The molecule has 4 aromatic rings.